The number of azide groups is 1. The van der Waals surface area contributed by atoms with Crippen molar-refractivity contribution in [3.8, 4) is 12.3 Å². The average Bonchev–Trinajstić information content (AvgIpc) is 3.44. The Bertz CT molecular complexity index is 1410. The molecule has 1 aromatic heterocycles. The fourth-order valence-electron chi connectivity index (χ4n) is 4.89. The summed E-state index contributed by atoms with van der Waals surface area (Å²) in [7, 11) is 5.11. The van der Waals surface area contributed by atoms with Gasteiger partial charge >= 0.3 is 5.97 Å². The van der Waals surface area contributed by atoms with Crippen LogP contribution >= 0.6 is 0 Å². The predicted octanol–water partition coefficient (Wildman–Crippen LogP) is 5.38. The lowest BCUT2D eigenvalue weighted by Gasteiger charge is -2.29. The van der Waals surface area contributed by atoms with Crippen LogP contribution in [0.5, 0.6) is 0 Å². The third kappa shape index (κ3) is 10.5. The topological polar surface area (TPSA) is 128 Å². The molecule has 0 aliphatic carbocycles. The number of amides is 1. The Balaban J connectivity index is 1.89. The molecule has 2 aromatic carbocycles. The number of ether oxygens (including phenoxy) is 1. The van der Waals surface area contributed by atoms with Gasteiger partial charge in [-0.2, -0.15) is 0 Å². The maximum atomic E-state index is 13.7. The number of likely N-dealkylation sites (N-methyl/N-ethyl adjacent to an activating group) is 1. The summed E-state index contributed by atoms with van der Waals surface area (Å²) < 4.78 is 11.2. The van der Waals surface area contributed by atoms with Gasteiger partial charge < -0.3 is 19.0 Å². The van der Waals surface area contributed by atoms with E-state index in [1.165, 1.54) is 7.11 Å². The van der Waals surface area contributed by atoms with Crippen LogP contribution in [-0.4, -0.2) is 74.0 Å². The van der Waals surface area contributed by atoms with Crippen LogP contribution in [0.3, 0.4) is 0 Å². The molecule has 0 saturated heterocycles. The van der Waals surface area contributed by atoms with Crippen molar-refractivity contribution in [3.63, 3.8) is 0 Å². The first-order valence-electron chi connectivity index (χ1n) is 14.6. The zero-order chi connectivity index (χ0) is 31.7. The highest BCUT2D eigenvalue weighted by Crippen LogP contribution is 2.32. The van der Waals surface area contributed by atoms with Crippen molar-refractivity contribution in [3.05, 3.63) is 93.8 Å². The summed E-state index contributed by atoms with van der Waals surface area (Å²) in [6.07, 6.45) is 8.38. The van der Waals surface area contributed by atoms with Crippen molar-refractivity contribution in [2.45, 2.75) is 44.7 Å². The molecule has 0 bridgehead atoms. The molecule has 1 heterocycles. The summed E-state index contributed by atoms with van der Waals surface area (Å²) in [4.78, 5) is 38.6. The zero-order valence-electron chi connectivity index (χ0n) is 25.8. The van der Waals surface area contributed by atoms with Gasteiger partial charge in [-0.3, -0.25) is 14.5 Å². The van der Waals surface area contributed by atoms with Gasteiger partial charge in [-0.1, -0.05) is 78.1 Å². The molecule has 0 N–H and O–H groups in total. The molecule has 11 heteroatoms. The number of anilines is 1. The number of hydrogen-bond acceptors (Lipinski definition) is 8. The smallest absolute Gasteiger partial charge is 0.305 e. The molecule has 232 valence electrons. The van der Waals surface area contributed by atoms with E-state index in [9.17, 15) is 9.59 Å². The summed E-state index contributed by atoms with van der Waals surface area (Å²) in [5, 5.41) is 3.64. The first-order chi connectivity index (χ1) is 21.4. The van der Waals surface area contributed by atoms with Gasteiger partial charge in [0.1, 0.15) is 5.69 Å². The number of carbonyl (C=O) groups excluding carboxylic acids is 2. The minimum absolute atomic E-state index is 0.0801. The highest BCUT2D eigenvalue weighted by atomic mass is 16.5. The maximum Gasteiger partial charge on any atom is 0.305 e. The Kier molecular flexibility index (Phi) is 13.8. The van der Waals surface area contributed by atoms with Crippen LogP contribution in [0.4, 0.5) is 5.88 Å². The first-order valence-corrected chi connectivity index (χ1v) is 14.6. The fraction of sp³-hybridized carbons (Fsp3) is 0.424. The van der Waals surface area contributed by atoms with Gasteiger partial charge in [-0.05, 0) is 36.5 Å². The summed E-state index contributed by atoms with van der Waals surface area (Å²) in [5.41, 5.74) is 11.6. The van der Waals surface area contributed by atoms with E-state index >= 15 is 0 Å². The molecule has 1 amide bonds. The van der Waals surface area contributed by atoms with Crippen molar-refractivity contribution in [1.82, 2.24) is 14.8 Å². The SMILES string of the molecule is C#CCN(C)c1oc(C(CCCCC(=O)OC)N(C)CC(=O)N(CCN=[N+]=[N-])Cc2ccccc2)nc1Cc1ccccc1. The number of carbonyl (C=O) groups is 2. The lowest BCUT2D eigenvalue weighted by Crippen LogP contribution is -2.41. The molecule has 0 aliphatic rings. The second kappa shape index (κ2) is 18.0. The van der Waals surface area contributed by atoms with Crippen molar-refractivity contribution >= 4 is 17.8 Å². The highest BCUT2D eigenvalue weighted by Gasteiger charge is 2.28. The number of unbranched alkanes of at least 4 members (excludes halogenated alkanes) is 1. The van der Waals surface area contributed by atoms with Gasteiger partial charge in [-0.15, -0.1) is 6.42 Å². The fourth-order valence-corrected chi connectivity index (χ4v) is 4.89. The number of aromatic nitrogens is 1. The van der Waals surface area contributed by atoms with Crippen LogP contribution in [0.25, 0.3) is 10.4 Å². The van der Waals surface area contributed by atoms with E-state index in [2.05, 4.69) is 15.9 Å². The third-order valence-electron chi connectivity index (χ3n) is 7.22. The van der Waals surface area contributed by atoms with Crippen LogP contribution in [0.15, 0.2) is 70.2 Å². The van der Waals surface area contributed by atoms with Gasteiger partial charge in [0.25, 0.3) is 0 Å². The lowest BCUT2D eigenvalue weighted by atomic mass is 10.1. The molecule has 0 saturated carbocycles. The van der Waals surface area contributed by atoms with Crippen LogP contribution in [0.1, 0.15) is 54.4 Å². The summed E-state index contributed by atoms with van der Waals surface area (Å²) >= 11 is 0. The van der Waals surface area contributed by atoms with Gasteiger partial charge in [0.15, 0.2) is 0 Å². The Hall–Kier alpha value is -4.78. The number of terminal acetylenes is 1. The quantitative estimate of drug-likeness (QED) is 0.0480. The minimum atomic E-state index is -0.352. The molecule has 0 fully saturated rings. The van der Waals surface area contributed by atoms with E-state index in [-0.39, 0.29) is 37.6 Å². The Morgan fingerprint density at radius 2 is 1.77 bits per heavy atom. The van der Waals surface area contributed by atoms with E-state index < -0.39 is 0 Å². The molecule has 3 rings (SSSR count). The standard InChI is InChI=1S/C33H41N7O4/c1-5-21-38(2)33-28(23-26-14-8-6-9-15-26)36-32(44-33)29(18-12-13-19-31(42)43-4)39(3)25-30(41)40(22-20-35-37-34)24-27-16-10-7-11-17-27/h1,6-11,14-17,29H,12-13,18-25H2,2-4H3. The molecule has 1 unspecified atom stereocenters. The summed E-state index contributed by atoms with van der Waals surface area (Å²) in [6, 6.07) is 19.3. The molecule has 0 radical (unpaired) electrons. The zero-order valence-corrected chi connectivity index (χ0v) is 25.8. The molecule has 3 aromatic rings. The lowest BCUT2D eigenvalue weighted by molar-refractivity contribution is -0.140. The Morgan fingerprint density at radius 1 is 1.09 bits per heavy atom. The van der Waals surface area contributed by atoms with Crippen LogP contribution in [0.2, 0.25) is 0 Å². The number of nitrogens with zero attached hydrogens (tertiary/aromatic N) is 7. The number of benzene rings is 2. The normalized spacial score (nSPS) is 11.3. The number of rotatable bonds is 18. The number of esters is 1. The monoisotopic (exact) mass is 599 g/mol. The van der Waals surface area contributed by atoms with Gasteiger partial charge in [0.05, 0.1) is 26.2 Å². The maximum absolute atomic E-state index is 13.7. The Labute approximate surface area is 259 Å². The van der Waals surface area contributed by atoms with E-state index in [0.29, 0.717) is 57.0 Å². The van der Waals surface area contributed by atoms with Crippen LogP contribution < -0.4 is 4.90 Å². The molecular weight excluding hydrogens is 558 g/mol. The third-order valence-corrected chi connectivity index (χ3v) is 7.22. The molecule has 11 nitrogen and oxygen atoms in total. The second-order valence-electron chi connectivity index (χ2n) is 10.5. The first kappa shape index (κ1) is 33.7. The van der Waals surface area contributed by atoms with Gasteiger partial charge in [0, 0.05) is 44.4 Å². The van der Waals surface area contributed by atoms with E-state index in [4.69, 9.17) is 26.1 Å². The van der Waals surface area contributed by atoms with Crippen LogP contribution in [0, 0.1) is 12.3 Å². The predicted molar refractivity (Wildman–Crippen MR) is 170 cm³/mol. The molecule has 0 aliphatic heterocycles. The summed E-state index contributed by atoms with van der Waals surface area (Å²) in [5.74, 6) is 3.34. The minimum Gasteiger partial charge on any atom is -0.469 e. The largest absolute Gasteiger partial charge is 0.469 e. The molecule has 1 atom stereocenters. The molecule has 0 spiro atoms. The second-order valence-corrected chi connectivity index (χ2v) is 10.5. The molecular formula is C33H41N7O4. The average molecular weight is 600 g/mol. The number of hydrogen-bond donors (Lipinski definition) is 0. The van der Waals surface area contributed by atoms with Crippen molar-refractivity contribution in [2.75, 3.05) is 52.3 Å². The molecule has 44 heavy (non-hydrogen) atoms. The van der Waals surface area contributed by atoms with E-state index in [1.54, 1.807) is 4.90 Å². The number of methoxy groups -OCH3 is 1. The number of oxazole rings is 1. The van der Waals surface area contributed by atoms with Gasteiger partial charge in [0.2, 0.25) is 17.7 Å². The van der Waals surface area contributed by atoms with Crippen molar-refractivity contribution < 1.29 is 18.7 Å². The highest BCUT2D eigenvalue weighted by molar-refractivity contribution is 5.78. The van der Waals surface area contributed by atoms with Crippen LogP contribution in [-0.2, 0) is 27.3 Å². The van der Waals surface area contributed by atoms with Crippen molar-refractivity contribution in [2.24, 2.45) is 5.11 Å². The Morgan fingerprint density at radius 3 is 2.41 bits per heavy atom. The van der Waals surface area contributed by atoms with E-state index in [0.717, 1.165) is 16.8 Å². The van der Waals surface area contributed by atoms with E-state index in [1.807, 2.05) is 84.6 Å². The van der Waals surface area contributed by atoms with Crippen molar-refractivity contribution in [1.29, 1.82) is 0 Å². The summed E-state index contributed by atoms with van der Waals surface area (Å²) in [6.45, 7) is 1.27. The van der Waals surface area contributed by atoms with Gasteiger partial charge in [-0.25, -0.2) is 4.98 Å².